The number of carbonyl (C=O) groups is 1. The molecular formula is C8H15NO2. The highest BCUT2D eigenvalue weighted by atomic mass is 16.5. The van der Waals surface area contributed by atoms with Gasteiger partial charge in [-0.15, -0.1) is 0 Å². The Labute approximate surface area is 67.1 Å². The lowest BCUT2D eigenvalue weighted by atomic mass is 9.90. The van der Waals surface area contributed by atoms with Crippen LogP contribution in [0, 0.1) is 5.92 Å². The zero-order valence-electron chi connectivity index (χ0n) is 7.31. The van der Waals surface area contributed by atoms with Crippen molar-refractivity contribution in [3.05, 3.63) is 0 Å². The molecule has 64 valence electrons. The quantitative estimate of drug-likeness (QED) is 0.635. The summed E-state index contributed by atoms with van der Waals surface area (Å²) in [4.78, 5) is 10.8. The van der Waals surface area contributed by atoms with Crippen molar-refractivity contribution >= 4 is 5.91 Å². The molecule has 1 fully saturated rings. The summed E-state index contributed by atoms with van der Waals surface area (Å²) in [5.74, 6) is 0.458. The Hall–Kier alpha value is -0.570. The number of hydrogen-bond donors (Lipinski definition) is 1. The van der Waals surface area contributed by atoms with Gasteiger partial charge in [0.1, 0.15) is 0 Å². The molecule has 1 N–H and O–H groups in total. The van der Waals surface area contributed by atoms with Crippen LogP contribution in [0.5, 0.6) is 0 Å². The fourth-order valence-electron chi connectivity index (χ4n) is 1.26. The fraction of sp³-hybridized carbons (Fsp3) is 0.875. The molecule has 0 aromatic carbocycles. The maximum atomic E-state index is 10.8. The van der Waals surface area contributed by atoms with Crippen molar-refractivity contribution in [3.63, 3.8) is 0 Å². The largest absolute Gasteiger partial charge is 0.378 e. The monoisotopic (exact) mass is 157 g/mol. The van der Waals surface area contributed by atoms with E-state index in [9.17, 15) is 4.79 Å². The highest BCUT2D eigenvalue weighted by molar-refractivity contribution is 5.78. The minimum Gasteiger partial charge on any atom is -0.378 e. The van der Waals surface area contributed by atoms with Gasteiger partial charge in [0.25, 0.3) is 0 Å². The molecule has 3 nitrogen and oxygen atoms in total. The molecule has 1 atom stereocenters. The average Bonchev–Trinajstić information content (AvgIpc) is 2.36. The van der Waals surface area contributed by atoms with E-state index < -0.39 is 0 Å². The summed E-state index contributed by atoms with van der Waals surface area (Å²) in [6.07, 6.45) is 0.598. The van der Waals surface area contributed by atoms with Gasteiger partial charge in [0.2, 0.25) is 5.91 Å². The zero-order chi connectivity index (χ0) is 8.48. The van der Waals surface area contributed by atoms with Crippen molar-refractivity contribution < 1.29 is 9.53 Å². The molecule has 1 rings (SSSR count). The van der Waals surface area contributed by atoms with Gasteiger partial charge in [0.05, 0.1) is 5.60 Å². The fourth-order valence-corrected chi connectivity index (χ4v) is 1.26. The molecule has 0 aromatic rings. The second-order valence-corrected chi connectivity index (χ2v) is 3.51. The van der Waals surface area contributed by atoms with Crippen LogP contribution in [0.2, 0.25) is 0 Å². The molecular weight excluding hydrogens is 142 g/mol. The van der Waals surface area contributed by atoms with Crippen molar-refractivity contribution in [2.45, 2.75) is 25.9 Å². The van der Waals surface area contributed by atoms with Gasteiger partial charge in [0.15, 0.2) is 0 Å². The van der Waals surface area contributed by atoms with E-state index in [2.05, 4.69) is 5.32 Å². The molecule has 3 heteroatoms. The molecule has 1 aliphatic heterocycles. The van der Waals surface area contributed by atoms with E-state index in [1.54, 1.807) is 7.11 Å². The van der Waals surface area contributed by atoms with E-state index in [-0.39, 0.29) is 11.5 Å². The predicted octanol–water partition coefficient (Wildman–Crippen LogP) is 0.547. The Morgan fingerprint density at radius 3 is 2.64 bits per heavy atom. The molecule has 0 saturated carbocycles. The van der Waals surface area contributed by atoms with Crippen LogP contribution in [0.4, 0.5) is 0 Å². The van der Waals surface area contributed by atoms with Crippen molar-refractivity contribution in [1.29, 1.82) is 0 Å². The predicted molar refractivity (Wildman–Crippen MR) is 42.2 cm³/mol. The summed E-state index contributed by atoms with van der Waals surface area (Å²) in [6, 6.07) is 0. The second kappa shape index (κ2) is 2.81. The van der Waals surface area contributed by atoms with Crippen LogP contribution in [0.25, 0.3) is 0 Å². The summed E-state index contributed by atoms with van der Waals surface area (Å²) in [7, 11) is 1.68. The molecule has 0 bridgehead atoms. The Morgan fingerprint density at radius 2 is 2.27 bits per heavy atom. The molecule has 0 aliphatic carbocycles. The van der Waals surface area contributed by atoms with Gasteiger partial charge in [-0.3, -0.25) is 4.79 Å². The first kappa shape index (κ1) is 8.53. The lowest BCUT2D eigenvalue weighted by Gasteiger charge is -2.28. The minimum atomic E-state index is -0.181. The molecule has 0 aromatic heterocycles. The maximum Gasteiger partial charge on any atom is 0.220 e. The first-order chi connectivity index (χ1) is 5.06. The van der Waals surface area contributed by atoms with E-state index in [0.717, 1.165) is 6.54 Å². The molecule has 0 radical (unpaired) electrons. The third-order valence-electron chi connectivity index (χ3n) is 2.49. The normalized spacial score (nSPS) is 25.4. The van der Waals surface area contributed by atoms with Crippen LogP contribution in [-0.2, 0) is 9.53 Å². The molecule has 1 saturated heterocycles. The van der Waals surface area contributed by atoms with Gasteiger partial charge in [0, 0.05) is 26.0 Å². The van der Waals surface area contributed by atoms with Crippen molar-refractivity contribution in [1.82, 2.24) is 5.32 Å². The minimum absolute atomic E-state index is 0.139. The van der Waals surface area contributed by atoms with Gasteiger partial charge < -0.3 is 10.1 Å². The molecule has 1 aliphatic rings. The van der Waals surface area contributed by atoms with E-state index in [1.165, 1.54) is 0 Å². The van der Waals surface area contributed by atoms with E-state index in [0.29, 0.717) is 12.3 Å². The Bertz CT molecular complexity index is 165. The maximum absolute atomic E-state index is 10.8. The second-order valence-electron chi connectivity index (χ2n) is 3.51. The standard InChI is InChI=1S/C8H15NO2/c1-8(2,11-3)6-4-7(10)9-5-6/h6H,4-5H2,1-3H3,(H,9,10). The first-order valence-corrected chi connectivity index (χ1v) is 3.88. The smallest absolute Gasteiger partial charge is 0.220 e. The molecule has 1 amide bonds. The lowest BCUT2D eigenvalue weighted by molar-refractivity contribution is -0.120. The van der Waals surface area contributed by atoms with Gasteiger partial charge in [-0.25, -0.2) is 0 Å². The van der Waals surface area contributed by atoms with Gasteiger partial charge in [-0.2, -0.15) is 0 Å². The van der Waals surface area contributed by atoms with Crippen LogP contribution < -0.4 is 5.32 Å². The number of ether oxygens (including phenoxy) is 1. The van der Waals surface area contributed by atoms with E-state index >= 15 is 0 Å². The van der Waals surface area contributed by atoms with Crippen LogP contribution in [0.1, 0.15) is 20.3 Å². The first-order valence-electron chi connectivity index (χ1n) is 3.88. The Kier molecular flexibility index (Phi) is 2.18. The summed E-state index contributed by atoms with van der Waals surface area (Å²) in [5, 5.41) is 2.79. The van der Waals surface area contributed by atoms with Crippen LogP contribution in [0.15, 0.2) is 0 Å². The molecule has 1 heterocycles. The number of methoxy groups -OCH3 is 1. The summed E-state index contributed by atoms with van der Waals surface area (Å²) in [6.45, 7) is 4.77. The van der Waals surface area contributed by atoms with Crippen molar-refractivity contribution in [3.8, 4) is 0 Å². The van der Waals surface area contributed by atoms with Gasteiger partial charge in [-0.05, 0) is 13.8 Å². The zero-order valence-corrected chi connectivity index (χ0v) is 7.31. The number of hydrogen-bond acceptors (Lipinski definition) is 2. The van der Waals surface area contributed by atoms with Crippen molar-refractivity contribution in [2.75, 3.05) is 13.7 Å². The Morgan fingerprint density at radius 1 is 1.64 bits per heavy atom. The highest BCUT2D eigenvalue weighted by Crippen LogP contribution is 2.25. The average molecular weight is 157 g/mol. The number of carbonyl (C=O) groups excluding carboxylic acids is 1. The van der Waals surface area contributed by atoms with Crippen LogP contribution >= 0.6 is 0 Å². The SMILES string of the molecule is COC(C)(C)C1CNC(=O)C1. The third kappa shape index (κ3) is 1.71. The van der Waals surface area contributed by atoms with Crippen molar-refractivity contribution in [2.24, 2.45) is 5.92 Å². The molecule has 11 heavy (non-hydrogen) atoms. The van der Waals surface area contributed by atoms with Crippen LogP contribution in [-0.4, -0.2) is 25.2 Å². The lowest BCUT2D eigenvalue weighted by Crippen LogP contribution is -2.34. The highest BCUT2D eigenvalue weighted by Gasteiger charge is 2.35. The van der Waals surface area contributed by atoms with Gasteiger partial charge >= 0.3 is 0 Å². The summed E-state index contributed by atoms with van der Waals surface area (Å²) in [5.41, 5.74) is -0.181. The third-order valence-corrected chi connectivity index (χ3v) is 2.49. The molecule has 0 spiro atoms. The molecule has 1 unspecified atom stereocenters. The number of amides is 1. The summed E-state index contributed by atoms with van der Waals surface area (Å²) < 4.78 is 5.28. The number of nitrogens with one attached hydrogen (secondary N) is 1. The van der Waals surface area contributed by atoms with Gasteiger partial charge in [-0.1, -0.05) is 0 Å². The summed E-state index contributed by atoms with van der Waals surface area (Å²) >= 11 is 0. The Balaban J connectivity index is 2.55. The van der Waals surface area contributed by atoms with E-state index in [1.807, 2.05) is 13.8 Å². The van der Waals surface area contributed by atoms with Crippen LogP contribution in [0.3, 0.4) is 0 Å². The number of rotatable bonds is 2. The topological polar surface area (TPSA) is 38.3 Å². The van der Waals surface area contributed by atoms with E-state index in [4.69, 9.17) is 4.74 Å².